The third kappa shape index (κ3) is 4.04. The topological polar surface area (TPSA) is 50.2 Å². The van der Waals surface area contributed by atoms with Crippen molar-refractivity contribution in [1.29, 1.82) is 0 Å². The molecule has 0 spiro atoms. The molecule has 0 unspecified atom stereocenters. The first kappa shape index (κ1) is 18.1. The molecular formula is C20H20Cl2N4O. The zero-order chi connectivity index (χ0) is 18.8. The van der Waals surface area contributed by atoms with Crippen molar-refractivity contribution < 1.29 is 4.79 Å². The smallest absolute Gasteiger partial charge is 0.321 e. The number of urea groups is 1. The van der Waals surface area contributed by atoms with Gasteiger partial charge < -0.3 is 14.8 Å². The van der Waals surface area contributed by atoms with Gasteiger partial charge in [0.25, 0.3) is 0 Å². The molecule has 2 amide bonds. The summed E-state index contributed by atoms with van der Waals surface area (Å²) in [6, 6.07) is 13.2. The van der Waals surface area contributed by atoms with Gasteiger partial charge in [-0.15, -0.1) is 0 Å². The quantitative estimate of drug-likeness (QED) is 0.646. The van der Waals surface area contributed by atoms with Crippen LogP contribution in [0.3, 0.4) is 0 Å². The molecule has 1 saturated heterocycles. The summed E-state index contributed by atoms with van der Waals surface area (Å²) >= 11 is 11.9. The minimum absolute atomic E-state index is 0.0973. The number of hydrogen-bond donors (Lipinski definition) is 1. The number of imidazole rings is 1. The fourth-order valence-corrected chi connectivity index (χ4v) is 3.83. The summed E-state index contributed by atoms with van der Waals surface area (Å²) in [5.74, 6) is 0.539. The molecule has 0 aliphatic carbocycles. The van der Waals surface area contributed by atoms with Crippen molar-refractivity contribution in [1.82, 2.24) is 14.5 Å². The summed E-state index contributed by atoms with van der Waals surface area (Å²) < 4.78 is 2.21. The third-order valence-electron chi connectivity index (χ3n) is 5.05. The minimum Gasteiger partial charge on any atom is -0.330 e. The van der Waals surface area contributed by atoms with E-state index >= 15 is 0 Å². The van der Waals surface area contributed by atoms with E-state index in [1.54, 1.807) is 18.2 Å². The van der Waals surface area contributed by atoms with Gasteiger partial charge in [-0.05, 0) is 49.1 Å². The van der Waals surface area contributed by atoms with Crippen LogP contribution < -0.4 is 5.32 Å². The van der Waals surface area contributed by atoms with E-state index in [0.29, 0.717) is 21.7 Å². The summed E-state index contributed by atoms with van der Waals surface area (Å²) in [7, 11) is 0. The Balaban J connectivity index is 1.33. The highest BCUT2D eigenvalue weighted by Crippen LogP contribution is 2.26. The first-order chi connectivity index (χ1) is 13.1. The Labute approximate surface area is 167 Å². The lowest BCUT2D eigenvalue weighted by Crippen LogP contribution is -2.41. The molecule has 0 saturated carbocycles. The number of carbonyl (C=O) groups is 1. The maximum absolute atomic E-state index is 12.5. The van der Waals surface area contributed by atoms with Crippen LogP contribution in [-0.2, 0) is 6.54 Å². The van der Waals surface area contributed by atoms with Gasteiger partial charge in [0, 0.05) is 25.3 Å². The van der Waals surface area contributed by atoms with Crippen molar-refractivity contribution in [2.24, 2.45) is 5.92 Å². The van der Waals surface area contributed by atoms with Gasteiger partial charge >= 0.3 is 6.03 Å². The summed E-state index contributed by atoms with van der Waals surface area (Å²) in [6.07, 6.45) is 3.86. The van der Waals surface area contributed by atoms with E-state index in [0.717, 1.165) is 43.5 Å². The minimum atomic E-state index is -0.0973. The van der Waals surface area contributed by atoms with E-state index < -0.39 is 0 Å². The average Bonchev–Trinajstić information content (AvgIpc) is 3.08. The number of para-hydroxylation sites is 2. The van der Waals surface area contributed by atoms with Gasteiger partial charge in [0.1, 0.15) is 0 Å². The zero-order valence-electron chi connectivity index (χ0n) is 14.7. The highest BCUT2D eigenvalue weighted by Gasteiger charge is 2.23. The Bertz CT molecular complexity index is 964. The molecule has 0 bridgehead atoms. The van der Waals surface area contributed by atoms with Crippen molar-refractivity contribution in [2.75, 3.05) is 18.4 Å². The molecule has 3 aromatic rings. The number of amides is 2. The molecule has 0 radical (unpaired) electrons. The van der Waals surface area contributed by atoms with Gasteiger partial charge in [-0.2, -0.15) is 0 Å². The lowest BCUT2D eigenvalue weighted by molar-refractivity contribution is 0.177. The predicted molar refractivity (Wildman–Crippen MR) is 110 cm³/mol. The Hall–Kier alpha value is -2.24. The first-order valence-corrected chi connectivity index (χ1v) is 9.76. The van der Waals surface area contributed by atoms with Crippen molar-refractivity contribution in [2.45, 2.75) is 19.4 Å². The van der Waals surface area contributed by atoms with Crippen LogP contribution >= 0.6 is 23.2 Å². The predicted octanol–water partition coefficient (Wildman–Crippen LogP) is 5.29. The zero-order valence-corrected chi connectivity index (χ0v) is 16.2. The molecule has 4 rings (SSSR count). The summed E-state index contributed by atoms with van der Waals surface area (Å²) in [5.41, 5.74) is 2.84. The monoisotopic (exact) mass is 402 g/mol. The number of nitrogens with one attached hydrogen (secondary N) is 1. The van der Waals surface area contributed by atoms with E-state index in [4.69, 9.17) is 23.2 Å². The van der Waals surface area contributed by atoms with E-state index in [9.17, 15) is 4.79 Å². The maximum atomic E-state index is 12.5. The molecule has 1 aliphatic rings. The number of carbonyl (C=O) groups excluding carboxylic acids is 1. The number of piperidine rings is 1. The summed E-state index contributed by atoms with van der Waals surface area (Å²) in [6.45, 7) is 2.41. The van der Waals surface area contributed by atoms with Crippen molar-refractivity contribution >= 4 is 46.0 Å². The number of benzene rings is 2. The fraction of sp³-hybridized carbons (Fsp3) is 0.300. The highest BCUT2D eigenvalue weighted by molar-refractivity contribution is 6.42. The third-order valence-corrected chi connectivity index (χ3v) is 5.79. The lowest BCUT2D eigenvalue weighted by Gasteiger charge is -2.32. The molecule has 5 nitrogen and oxygen atoms in total. The number of rotatable bonds is 3. The van der Waals surface area contributed by atoms with Gasteiger partial charge in [0.05, 0.1) is 27.4 Å². The van der Waals surface area contributed by atoms with Gasteiger partial charge in [-0.1, -0.05) is 35.3 Å². The number of hydrogen-bond acceptors (Lipinski definition) is 2. The number of fused-ring (bicyclic) bond motifs is 1. The molecule has 140 valence electrons. The van der Waals surface area contributed by atoms with E-state index in [1.165, 1.54) is 0 Å². The van der Waals surface area contributed by atoms with Gasteiger partial charge in [0.15, 0.2) is 0 Å². The van der Waals surface area contributed by atoms with Crippen molar-refractivity contribution in [3.05, 3.63) is 58.8 Å². The van der Waals surface area contributed by atoms with Crippen LogP contribution in [0.1, 0.15) is 12.8 Å². The van der Waals surface area contributed by atoms with Crippen LogP contribution in [0, 0.1) is 5.92 Å². The van der Waals surface area contributed by atoms with Crippen LogP contribution in [0.2, 0.25) is 10.0 Å². The second kappa shape index (κ2) is 7.79. The number of nitrogens with zero attached hydrogens (tertiary/aromatic N) is 3. The number of likely N-dealkylation sites (tertiary alicyclic amines) is 1. The highest BCUT2D eigenvalue weighted by atomic mass is 35.5. The standard InChI is InChI=1S/C20H20Cl2N4O/c21-16-6-5-15(11-17(16)22)24-20(27)25-9-7-14(8-10-25)12-26-13-23-18-3-1-2-4-19(18)26/h1-6,11,13-14H,7-10,12H2,(H,24,27). The average molecular weight is 403 g/mol. The molecule has 7 heteroatoms. The van der Waals surface area contributed by atoms with E-state index in [2.05, 4.69) is 20.9 Å². The van der Waals surface area contributed by atoms with Gasteiger partial charge in [-0.3, -0.25) is 0 Å². The summed E-state index contributed by atoms with van der Waals surface area (Å²) in [5, 5.41) is 3.80. The van der Waals surface area contributed by atoms with Crippen LogP contribution in [-0.4, -0.2) is 33.6 Å². The normalized spacial score (nSPS) is 15.3. The van der Waals surface area contributed by atoms with Gasteiger partial charge in [0.2, 0.25) is 0 Å². The molecular weight excluding hydrogens is 383 g/mol. The molecule has 1 fully saturated rings. The Morgan fingerprint density at radius 3 is 2.67 bits per heavy atom. The fourth-order valence-electron chi connectivity index (χ4n) is 3.53. The lowest BCUT2D eigenvalue weighted by atomic mass is 9.97. The molecule has 1 aromatic heterocycles. The van der Waals surface area contributed by atoms with Crippen molar-refractivity contribution in [3.63, 3.8) is 0 Å². The SMILES string of the molecule is O=C(Nc1ccc(Cl)c(Cl)c1)N1CCC(Cn2cnc3ccccc32)CC1. The Kier molecular flexibility index (Phi) is 5.23. The Morgan fingerprint density at radius 2 is 1.89 bits per heavy atom. The van der Waals surface area contributed by atoms with Gasteiger partial charge in [-0.25, -0.2) is 9.78 Å². The molecule has 2 heterocycles. The summed E-state index contributed by atoms with van der Waals surface area (Å²) in [4.78, 5) is 18.8. The number of aromatic nitrogens is 2. The molecule has 0 atom stereocenters. The van der Waals surface area contributed by atoms with E-state index in [1.807, 2.05) is 29.4 Å². The second-order valence-electron chi connectivity index (χ2n) is 6.88. The molecule has 1 aliphatic heterocycles. The van der Waals surface area contributed by atoms with Crippen LogP contribution in [0.4, 0.5) is 10.5 Å². The van der Waals surface area contributed by atoms with Crippen LogP contribution in [0.25, 0.3) is 11.0 Å². The molecule has 1 N–H and O–H groups in total. The number of halogens is 2. The largest absolute Gasteiger partial charge is 0.330 e. The van der Waals surface area contributed by atoms with Crippen molar-refractivity contribution in [3.8, 4) is 0 Å². The first-order valence-electron chi connectivity index (χ1n) is 9.01. The van der Waals surface area contributed by atoms with Crippen LogP contribution in [0.5, 0.6) is 0 Å². The van der Waals surface area contributed by atoms with E-state index in [-0.39, 0.29) is 6.03 Å². The Morgan fingerprint density at radius 1 is 1.11 bits per heavy atom. The maximum Gasteiger partial charge on any atom is 0.321 e. The van der Waals surface area contributed by atoms with Crippen LogP contribution in [0.15, 0.2) is 48.8 Å². The number of anilines is 1. The molecule has 2 aromatic carbocycles. The second-order valence-corrected chi connectivity index (χ2v) is 7.69. The molecule has 27 heavy (non-hydrogen) atoms.